The number of aromatic amines is 1. The van der Waals surface area contributed by atoms with Crippen molar-refractivity contribution >= 4 is 0 Å². The van der Waals surface area contributed by atoms with Gasteiger partial charge in [-0.05, 0) is 36.8 Å². The van der Waals surface area contributed by atoms with Crippen molar-refractivity contribution < 1.29 is 9.30 Å². The Hall–Kier alpha value is -3.57. The number of hydrogen-bond acceptors (Lipinski definition) is 3. The number of H-pyrrole nitrogens is 1. The highest BCUT2D eigenvalue weighted by Crippen LogP contribution is 2.31. The molecule has 1 atom stereocenters. The van der Waals surface area contributed by atoms with E-state index in [0.29, 0.717) is 29.2 Å². The molecular weight excluding hydrogens is 312 g/mol. The molecule has 0 saturated carbocycles. The van der Waals surface area contributed by atoms with Gasteiger partial charge in [-0.25, -0.2) is 4.57 Å². The third kappa shape index (κ3) is 3.52. The van der Waals surface area contributed by atoms with Gasteiger partial charge in [-0.1, -0.05) is 24.3 Å². The largest absolute Gasteiger partial charge is 0.457 e. The number of hydrogen-bond donors (Lipinski definition) is 1. The summed E-state index contributed by atoms with van der Waals surface area (Å²) in [6, 6.07) is 19.2. The standard InChI is InChI=1S/C20H16N4O/c1-20(13-22,14-24-10-9-23-15-24)19-8-7-18(11-16(19)12-21)25-17-5-3-2-4-6-17/h2-11,15H,14H2,1H3/p+1. The van der Waals surface area contributed by atoms with Gasteiger partial charge >= 0.3 is 0 Å². The first-order chi connectivity index (χ1) is 12.1. The molecule has 0 aliphatic rings. The fraction of sp³-hybridized carbons (Fsp3) is 0.150. The quantitative estimate of drug-likeness (QED) is 0.728. The Morgan fingerprint density at radius 2 is 1.92 bits per heavy atom. The van der Waals surface area contributed by atoms with E-state index in [2.05, 4.69) is 17.1 Å². The zero-order valence-electron chi connectivity index (χ0n) is 13.8. The molecule has 25 heavy (non-hydrogen) atoms. The summed E-state index contributed by atoms with van der Waals surface area (Å²) < 4.78 is 7.67. The molecule has 0 radical (unpaired) electrons. The molecule has 122 valence electrons. The minimum Gasteiger partial charge on any atom is -0.457 e. The number of rotatable bonds is 5. The minimum absolute atomic E-state index is 0.439. The van der Waals surface area contributed by atoms with Crippen molar-refractivity contribution in [2.24, 2.45) is 0 Å². The molecule has 2 aromatic carbocycles. The van der Waals surface area contributed by atoms with E-state index in [4.69, 9.17) is 4.74 Å². The van der Waals surface area contributed by atoms with Crippen LogP contribution in [-0.2, 0) is 12.0 Å². The lowest BCUT2D eigenvalue weighted by atomic mass is 9.81. The van der Waals surface area contributed by atoms with Crippen LogP contribution >= 0.6 is 0 Å². The van der Waals surface area contributed by atoms with E-state index in [1.54, 1.807) is 30.7 Å². The molecule has 5 nitrogen and oxygen atoms in total. The molecule has 3 rings (SSSR count). The summed E-state index contributed by atoms with van der Waals surface area (Å²) in [5.41, 5.74) is 0.295. The van der Waals surface area contributed by atoms with Gasteiger partial charge in [0.15, 0.2) is 0 Å². The maximum Gasteiger partial charge on any atom is 0.241 e. The van der Waals surface area contributed by atoms with Crippen LogP contribution in [0.3, 0.4) is 0 Å². The molecule has 1 unspecified atom stereocenters. The highest BCUT2D eigenvalue weighted by Gasteiger charge is 2.32. The Labute approximate surface area is 146 Å². The summed E-state index contributed by atoms with van der Waals surface area (Å²) in [5, 5.41) is 19.3. The Balaban J connectivity index is 1.93. The predicted octanol–water partition coefficient (Wildman–Crippen LogP) is 3.45. The number of benzene rings is 2. The first kappa shape index (κ1) is 16.3. The number of nitrogens with zero attached hydrogens (tertiary/aromatic N) is 3. The second-order valence-corrected chi connectivity index (χ2v) is 5.96. The predicted molar refractivity (Wildman–Crippen MR) is 91.6 cm³/mol. The van der Waals surface area contributed by atoms with Crippen molar-refractivity contribution in [1.29, 1.82) is 10.5 Å². The number of nitrogens with one attached hydrogen (secondary N) is 1. The summed E-state index contributed by atoms with van der Waals surface area (Å²) in [6.07, 6.45) is 5.43. The van der Waals surface area contributed by atoms with Crippen LogP contribution in [0.4, 0.5) is 0 Å². The summed E-state index contributed by atoms with van der Waals surface area (Å²) in [7, 11) is 0. The molecule has 0 fully saturated rings. The lowest BCUT2D eigenvalue weighted by molar-refractivity contribution is -0.701. The van der Waals surface area contributed by atoms with Gasteiger partial charge in [-0.2, -0.15) is 10.5 Å². The summed E-state index contributed by atoms with van der Waals surface area (Å²) >= 11 is 0. The fourth-order valence-corrected chi connectivity index (χ4v) is 2.75. The normalized spacial score (nSPS) is 12.6. The van der Waals surface area contributed by atoms with Crippen LogP contribution in [0.25, 0.3) is 0 Å². The molecule has 0 spiro atoms. The van der Waals surface area contributed by atoms with E-state index in [-0.39, 0.29) is 0 Å². The van der Waals surface area contributed by atoms with Gasteiger partial charge < -0.3 is 4.74 Å². The molecule has 0 bridgehead atoms. The number of para-hydroxylation sites is 1. The van der Waals surface area contributed by atoms with Crippen LogP contribution in [0.1, 0.15) is 18.1 Å². The number of ether oxygens (including phenoxy) is 1. The lowest BCUT2D eigenvalue weighted by Crippen LogP contribution is -2.42. The summed E-state index contributed by atoms with van der Waals surface area (Å²) in [5.74, 6) is 1.27. The molecular formula is C20H17N4O+. The maximum absolute atomic E-state index is 9.75. The van der Waals surface area contributed by atoms with Gasteiger partial charge in [0.05, 0.1) is 17.7 Å². The molecule has 0 saturated heterocycles. The smallest absolute Gasteiger partial charge is 0.241 e. The van der Waals surface area contributed by atoms with E-state index in [9.17, 15) is 10.5 Å². The van der Waals surface area contributed by atoms with Crippen LogP contribution in [0.15, 0.2) is 67.3 Å². The Bertz CT molecular complexity index is 936. The van der Waals surface area contributed by atoms with Crippen molar-refractivity contribution in [2.75, 3.05) is 0 Å². The highest BCUT2D eigenvalue weighted by atomic mass is 16.5. The molecule has 1 aromatic heterocycles. The SMILES string of the molecule is CC(C#N)(C[n+]1cc[nH]c1)c1ccc(Oc2ccccc2)cc1C#N. The van der Waals surface area contributed by atoms with E-state index in [1.807, 2.05) is 48.0 Å². The van der Waals surface area contributed by atoms with Gasteiger partial charge in [0.1, 0.15) is 35.9 Å². The molecule has 0 aliphatic carbocycles. The van der Waals surface area contributed by atoms with E-state index in [0.717, 1.165) is 0 Å². The van der Waals surface area contributed by atoms with Crippen molar-refractivity contribution in [3.05, 3.63) is 78.4 Å². The third-order valence-corrected chi connectivity index (χ3v) is 4.03. The Morgan fingerprint density at radius 3 is 2.56 bits per heavy atom. The van der Waals surface area contributed by atoms with E-state index >= 15 is 0 Å². The number of aromatic nitrogens is 2. The van der Waals surface area contributed by atoms with Crippen LogP contribution in [0, 0.1) is 22.7 Å². The second kappa shape index (κ2) is 6.90. The molecule has 1 N–H and O–H groups in total. The lowest BCUT2D eigenvalue weighted by Gasteiger charge is -2.21. The summed E-state index contributed by atoms with van der Waals surface area (Å²) in [6.45, 7) is 2.28. The molecule has 3 aromatic rings. The van der Waals surface area contributed by atoms with Crippen molar-refractivity contribution in [3.8, 4) is 23.6 Å². The molecule has 5 heteroatoms. The zero-order valence-corrected chi connectivity index (χ0v) is 13.8. The minimum atomic E-state index is -0.830. The van der Waals surface area contributed by atoms with Crippen LogP contribution in [0.5, 0.6) is 11.5 Å². The molecule has 1 heterocycles. The zero-order chi connectivity index (χ0) is 17.7. The number of nitriles is 2. The van der Waals surface area contributed by atoms with Gasteiger partial charge in [-0.15, -0.1) is 0 Å². The highest BCUT2D eigenvalue weighted by molar-refractivity contribution is 5.49. The van der Waals surface area contributed by atoms with Crippen LogP contribution in [0.2, 0.25) is 0 Å². The van der Waals surface area contributed by atoms with Gasteiger partial charge in [0.25, 0.3) is 0 Å². The van der Waals surface area contributed by atoms with Crippen molar-refractivity contribution in [1.82, 2.24) is 4.98 Å². The van der Waals surface area contributed by atoms with Gasteiger partial charge in [0, 0.05) is 0 Å². The topological polar surface area (TPSA) is 76.5 Å². The van der Waals surface area contributed by atoms with E-state index in [1.165, 1.54) is 0 Å². The van der Waals surface area contributed by atoms with E-state index < -0.39 is 5.41 Å². The summed E-state index contributed by atoms with van der Waals surface area (Å²) in [4.78, 5) is 2.96. The fourth-order valence-electron chi connectivity index (χ4n) is 2.75. The van der Waals surface area contributed by atoms with Crippen molar-refractivity contribution in [2.45, 2.75) is 18.9 Å². The Morgan fingerprint density at radius 1 is 1.12 bits per heavy atom. The Kier molecular flexibility index (Phi) is 4.50. The average molecular weight is 329 g/mol. The first-order valence-corrected chi connectivity index (χ1v) is 7.85. The maximum atomic E-state index is 9.75. The van der Waals surface area contributed by atoms with Gasteiger partial charge in [0.2, 0.25) is 6.33 Å². The molecule has 0 aliphatic heterocycles. The van der Waals surface area contributed by atoms with Crippen LogP contribution in [-0.4, -0.2) is 4.98 Å². The number of imidazole rings is 1. The monoisotopic (exact) mass is 329 g/mol. The average Bonchev–Trinajstić information content (AvgIpc) is 3.15. The second-order valence-electron chi connectivity index (χ2n) is 5.96. The first-order valence-electron chi connectivity index (χ1n) is 7.85. The van der Waals surface area contributed by atoms with Crippen LogP contribution < -0.4 is 9.30 Å². The third-order valence-electron chi connectivity index (χ3n) is 4.03. The van der Waals surface area contributed by atoms with Gasteiger partial charge in [-0.3, -0.25) is 4.98 Å². The van der Waals surface area contributed by atoms with Crippen molar-refractivity contribution in [3.63, 3.8) is 0 Å². The molecule has 0 amide bonds.